The predicted molar refractivity (Wildman–Crippen MR) is 70.0 cm³/mol. The standard InChI is InChI=1S/C14H28O3/c1-5-7-8-9-13(4)17-11-10-12(3)14(15)16-6-2/h12-13H,5-11H2,1-4H3/t12-,13?/m0/s1. The molecule has 0 rings (SSSR count). The van der Waals surface area contributed by atoms with Gasteiger partial charge in [0.2, 0.25) is 0 Å². The molecule has 0 N–H and O–H groups in total. The third-order valence-electron chi connectivity index (χ3n) is 2.86. The van der Waals surface area contributed by atoms with E-state index in [-0.39, 0.29) is 11.9 Å². The Balaban J connectivity index is 3.51. The van der Waals surface area contributed by atoms with Crippen LogP contribution in [0, 0.1) is 5.92 Å². The van der Waals surface area contributed by atoms with Crippen LogP contribution < -0.4 is 0 Å². The fraction of sp³-hybridized carbons (Fsp3) is 0.929. The first kappa shape index (κ1) is 16.4. The van der Waals surface area contributed by atoms with Gasteiger partial charge in [0.05, 0.1) is 18.6 Å². The molecule has 2 atom stereocenters. The Morgan fingerprint density at radius 3 is 2.41 bits per heavy atom. The molecule has 3 nitrogen and oxygen atoms in total. The first-order valence-electron chi connectivity index (χ1n) is 6.90. The highest BCUT2D eigenvalue weighted by molar-refractivity contribution is 5.71. The van der Waals surface area contributed by atoms with Gasteiger partial charge in [-0.3, -0.25) is 4.79 Å². The minimum atomic E-state index is -0.116. The second kappa shape index (κ2) is 10.6. The molecule has 0 bridgehead atoms. The lowest BCUT2D eigenvalue weighted by Crippen LogP contribution is -2.18. The monoisotopic (exact) mass is 244 g/mol. The maximum Gasteiger partial charge on any atom is 0.308 e. The molecule has 0 heterocycles. The van der Waals surface area contributed by atoms with Crippen molar-refractivity contribution in [3.63, 3.8) is 0 Å². The quantitative estimate of drug-likeness (QED) is 0.435. The molecule has 0 aliphatic heterocycles. The van der Waals surface area contributed by atoms with Crippen molar-refractivity contribution in [2.24, 2.45) is 5.92 Å². The zero-order valence-electron chi connectivity index (χ0n) is 11.8. The molecule has 0 fully saturated rings. The molecule has 0 amide bonds. The van der Waals surface area contributed by atoms with Gasteiger partial charge in [-0.15, -0.1) is 0 Å². The van der Waals surface area contributed by atoms with Gasteiger partial charge in [0.1, 0.15) is 0 Å². The van der Waals surface area contributed by atoms with E-state index in [9.17, 15) is 4.79 Å². The fourth-order valence-corrected chi connectivity index (χ4v) is 1.61. The fourth-order valence-electron chi connectivity index (χ4n) is 1.61. The zero-order valence-corrected chi connectivity index (χ0v) is 11.8. The minimum absolute atomic E-state index is 0.0576. The smallest absolute Gasteiger partial charge is 0.308 e. The molecular weight excluding hydrogens is 216 g/mol. The Kier molecular flexibility index (Phi) is 10.2. The number of ether oxygens (including phenoxy) is 2. The maximum absolute atomic E-state index is 11.4. The molecule has 0 aromatic heterocycles. The molecule has 0 spiro atoms. The van der Waals surface area contributed by atoms with Gasteiger partial charge in [0.15, 0.2) is 0 Å². The molecule has 0 aromatic rings. The highest BCUT2D eigenvalue weighted by Gasteiger charge is 2.14. The van der Waals surface area contributed by atoms with E-state index in [1.54, 1.807) is 0 Å². The van der Waals surface area contributed by atoms with Crippen molar-refractivity contribution in [1.29, 1.82) is 0 Å². The third kappa shape index (κ3) is 9.16. The van der Waals surface area contributed by atoms with Crippen LogP contribution in [0.4, 0.5) is 0 Å². The molecule has 0 radical (unpaired) electrons. The summed E-state index contributed by atoms with van der Waals surface area (Å²) in [5, 5.41) is 0. The van der Waals surface area contributed by atoms with Gasteiger partial charge < -0.3 is 9.47 Å². The SMILES string of the molecule is CCCCCC(C)OCC[C@H](C)C(=O)OCC. The summed E-state index contributed by atoms with van der Waals surface area (Å²) in [4.78, 5) is 11.4. The van der Waals surface area contributed by atoms with Crippen molar-refractivity contribution in [3.8, 4) is 0 Å². The van der Waals surface area contributed by atoms with E-state index in [1.807, 2.05) is 13.8 Å². The second-order valence-corrected chi connectivity index (χ2v) is 4.62. The van der Waals surface area contributed by atoms with E-state index in [0.29, 0.717) is 19.3 Å². The molecule has 0 aliphatic carbocycles. The molecular formula is C14H28O3. The molecule has 0 aliphatic rings. The summed E-state index contributed by atoms with van der Waals surface area (Å²) in [5.74, 6) is -0.174. The normalized spacial score (nSPS) is 14.4. The number of rotatable bonds is 10. The number of carbonyl (C=O) groups excluding carboxylic acids is 1. The van der Waals surface area contributed by atoms with E-state index in [4.69, 9.17) is 9.47 Å². The molecule has 17 heavy (non-hydrogen) atoms. The van der Waals surface area contributed by atoms with Crippen molar-refractivity contribution in [3.05, 3.63) is 0 Å². The van der Waals surface area contributed by atoms with Gasteiger partial charge in [-0.1, -0.05) is 33.1 Å². The van der Waals surface area contributed by atoms with Crippen molar-refractivity contribution < 1.29 is 14.3 Å². The van der Waals surface area contributed by atoms with E-state index in [1.165, 1.54) is 19.3 Å². The molecule has 0 saturated heterocycles. The average molecular weight is 244 g/mol. The summed E-state index contributed by atoms with van der Waals surface area (Å²) in [6, 6.07) is 0. The van der Waals surface area contributed by atoms with E-state index in [0.717, 1.165) is 12.8 Å². The Hall–Kier alpha value is -0.570. The van der Waals surface area contributed by atoms with Crippen molar-refractivity contribution in [1.82, 2.24) is 0 Å². The lowest BCUT2D eigenvalue weighted by atomic mass is 10.1. The first-order valence-corrected chi connectivity index (χ1v) is 6.90. The van der Waals surface area contributed by atoms with E-state index >= 15 is 0 Å². The lowest BCUT2D eigenvalue weighted by Gasteiger charge is -2.15. The van der Waals surface area contributed by atoms with Gasteiger partial charge in [-0.25, -0.2) is 0 Å². The van der Waals surface area contributed by atoms with Crippen LogP contribution in [0.1, 0.15) is 59.8 Å². The number of hydrogen-bond acceptors (Lipinski definition) is 3. The third-order valence-corrected chi connectivity index (χ3v) is 2.86. The number of esters is 1. The summed E-state index contributed by atoms with van der Waals surface area (Å²) in [6.07, 6.45) is 5.90. The minimum Gasteiger partial charge on any atom is -0.466 e. The van der Waals surface area contributed by atoms with Crippen LogP contribution in [0.3, 0.4) is 0 Å². The van der Waals surface area contributed by atoms with Gasteiger partial charge in [0.25, 0.3) is 0 Å². The van der Waals surface area contributed by atoms with Crippen molar-refractivity contribution >= 4 is 5.97 Å². The zero-order chi connectivity index (χ0) is 13.1. The highest BCUT2D eigenvalue weighted by atomic mass is 16.5. The number of unbranched alkanes of at least 4 members (excludes halogenated alkanes) is 2. The van der Waals surface area contributed by atoms with E-state index in [2.05, 4.69) is 13.8 Å². The molecule has 1 unspecified atom stereocenters. The van der Waals surface area contributed by atoms with Gasteiger partial charge in [-0.05, 0) is 26.7 Å². The summed E-state index contributed by atoms with van der Waals surface area (Å²) in [7, 11) is 0. The lowest BCUT2D eigenvalue weighted by molar-refractivity contribution is -0.148. The number of carbonyl (C=O) groups is 1. The van der Waals surface area contributed by atoms with Gasteiger partial charge in [-0.2, -0.15) is 0 Å². The Bertz CT molecular complexity index is 192. The Morgan fingerprint density at radius 1 is 1.12 bits per heavy atom. The average Bonchev–Trinajstić information content (AvgIpc) is 2.29. The van der Waals surface area contributed by atoms with Crippen LogP contribution in [0.15, 0.2) is 0 Å². The van der Waals surface area contributed by atoms with Crippen LogP contribution in [0.25, 0.3) is 0 Å². The highest BCUT2D eigenvalue weighted by Crippen LogP contribution is 2.09. The first-order chi connectivity index (χ1) is 8.11. The van der Waals surface area contributed by atoms with E-state index < -0.39 is 0 Å². The van der Waals surface area contributed by atoms with Crippen LogP contribution in [-0.4, -0.2) is 25.3 Å². The largest absolute Gasteiger partial charge is 0.466 e. The maximum atomic E-state index is 11.4. The van der Waals surface area contributed by atoms with Gasteiger partial charge in [0, 0.05) is 6.61 Å². The summed E-state index contributed by atoms with van der Waals surface area (Å²) in [6.45, 7) is 9.13. The summed E-state index contributed by atoms with van der Waals surface area (Å²) >= 11 is 0. The second-order valence-electron chi connectivity index (χ2n) is 4.62. The molecule has 102 valence electrons. The van der Waals surface area contributed by atoms with Crippen LogP contribution in [-0.2, 0) is 14.3 Å². The Morgan fingerprint density at radius 2 is 1.82 bits per heavy atom. The molecule has 0 aromatic carbocycles. The van der Waals surface area contributed by atoms with Crippen molar-refractivity contribution in [2.75, 3.05) is 13.2 Å². The van der Waals surface area contributed by atoms with Gasteiger partial charge >= 0.3 is 5.97 Å². The van der Waals surface area contributed by atoms with Crippen molar-refractivity contribution in [2.45, 2.75) is 65.9 Å². The summed E-state index contributed by atoms with van der Waals surface area (Å²) < 4.78 is 10.6. The topological polar surface area (TPSA) is 35.5 Å². The Labute approximate surface area is 106 Å². The predicted octanol–water partition coefficient (Wildman–Crippen LogP) is 3.56. The number of hydrogen-bond donors (Lipinski definition) is 0. The molecule has 3 heteroatoms. The molecule has 0 saturated carbocycles. The van der Waals surface area contributed by atoms with Crippen LogP contribution in [0.5, 0.6) is 0 Å². The summed E-state index contributed by atoms with van der Waals surface area (Å²) in [5.41, 5.74) is 0. The van der Waals surface area contributed by atoms with Crippen LogP contribution in [0.2, 0.25) is 0 Å². The van der Waals surface area contributed by atoms with Crippen LogP contribution >= 0.6 is 0 Å².